The van der Waals surface area contributed by atoms with Crippen LogP contribution in [0.15, 0.2) is 0 Å². The highest BCUT2D eigenvalue weighted by Gasteiger charge is 2.14. The first-order valence-electron chi connectivity index (χ1n) is 5.12. The molecule has 0 aromatic carbocycles. The lowest BCUT2D eigenvalue weighted by molar-refractivity contribution is -0.138. The Morgan fingerprint density at radius 2 is 2.14 bits per heavy atom. The fraction of sp³-hybridized carbons (Fsp3) is 0.900. The van der Waals surface area contributed by atoms with Crippen LogP contribution in [0.2, 0.25) is 0 Å². The third-order valence-corrected chi connectivity index (χ3v) is 2.39. The smallest absolute Gasteiger partial charge is 0.303 e. The van der Waals surface area contributed by atoms with E-state index >= 15 is 0 Å². The monoisotopic (exact) mass is 203 g/mol. The Balaban J connectivity index is 3.73. The molecule has 0 radical (unpaired) electrons. The second kappa shape index (κ2) is 7.76. The van der Waals surface area contributed by atoms with Gasteiger partial charge in [-0.15, -0.1) is 0 Å². The average Bonchev–Trinajstić information content (AvgIpc) is 2.12. The fourth-order valence-corrected chi connectivity index (χ4v) is 1.64. The number of carboxylic acids is 1. The summed E-state index contributed by atoms with van der Waals surface area (Å²) >= 11 is 0. The number of hydrogen-bond acceptors (Lipinski definition) is 3. The Kier molecular flexibility index (Phi) is 7.42. The summed E-state index contributed by atoms with van der Waals surface area (Å²) in [5.41, 5.74) is 5.49. The highest BCUT2D eigenvalue weighted by atomic mass is 16.4. The van der Waals surface area contributed by atoms with Gasteiger partial charge in [0.05, 0.1) is 0 Å². The van der Waals surface area contributed by atoms with Crippen molar-refractivity contribution in [1.29, 1.82) is 0 Å². The predicted octanol–water partition coefficient (Wildman–Crippen LogP) is 0.835. The van der Waals surface area contributed by atoms with Crippen molar-refractivity contribution < 1.29 is 15.0 Å². The lowest BCUT2D eigenvalue weighted by Crippen LogP contribution is -2.20. The summed E-state index contributed by atoms with van der Waals surface area (Å²) in [6.45, 7) is 2.70. The van der Waals surface area contributed by atoms with E-state index in [4.69, 9.17) is 15.9 Å². The number of aliphatic hydroxyl groups is 1. The van der Waals surface area contributed by atoms with Gasteiger partial charge >= 0.3 is 5.97 Å². The van der Waals surface area contributed by atoms with Gasteiger partial charge in [0.15, 0.2) is 0 Å². The molecule has 0 saturated carbocycles. The van der Waals surface area contributed by atoms with Crippen LogP contribution in [0.5, 0.6) is 0 Å². The zero-order valence-corrected chi connectivity index (χ0v) is 8.78. The molecule has 0 aliphatic heterocycles. The molecule has 0 aliphatic carbocycles. The van der Waals surface area contributed by atoms with Crippen molar-refractivity contribution in [2.45, 2.75) is 32.6 Å². The minimum atomic E-state index is -0.783. The Bertz CT molecular complexity index is 161. The maximum Gasteiger partial charge on any atom is 0.303 e. The van der Waals surface area contributed by atoms with E-state index in [2.05, 4.69) is 6.92 Å². The van der Waals surface area contributed by atoms with Crippen molar-refractivity contribution in [3.8, 4) is 0 Å². The standard InChI is InChI=1S/C10H21NO3/c1-8(3-2-4-12)5-9(7-11)6-10(13)14/h8-9,12H,2-7,11H2,1H3,(H,13,14). The molecular weight excluding hydrogens is 182 g/mol. The average molecular weight is 203 g/mol. The minimum Gasteiger partial charge on any atom is -0.481 e. The molecular formula is C10H21NO3. The van der Waals surface area contributed by atoms with Gasteiger partial charge in [0, 0.05) is 13.0 Å². The summed E-state index contributed by atoms with van der Waals surface area (Å²) in [6, 6.07) is 0. The number of hydrogen-bond donors (Lipinski definition) is 3. The van der Waals surface area contributed by atoms with E-state index < -0.39 is 5.97 Å². The highest BCUT2D eigenvalue weighted by Crippen LogP contribution is 2.18. The molecule has 0 spiro atoms. The third-order valence-electron chi connectivity index (χ3n) is 2.39. The SMILES string of the molecule is CC(CCCO)CC(CN)CC(=O)O. The molecule has 4 N–H and O–H groups in total. The first-order valence-corrected chi connectivity index (χ1v) is 5.12. The number of aliphatic carboxylic acids is 1. The first kappa shape index (κ1) is 13.4. The largest absolute Gasteiger partial charge is 0.481 e. The van der Waals surface area contributed by atoms with Gasteiger partial charge in [-0.1, -0.05) is 6.92 Å². The predicted molar refractivity (Wildman–Crippen MR) is 54.9 cm³/mol. The first-order chi connectivity index (χ1) is 6.60. The summed E-state index contributed by atoms with van der Waals surface area (Å²) in [6.07, 6.45) is 2.71. The van der Waals surface area contributed by atoms with E-state index in [1.807, 2.05) is 0 Å². The Morgan fingerprint density at radius 3 is 2.57 bits per heavy atom. The number of nitrogens with two attached hydrogens (primary N) is 1. The van der Waals surface area contributed by atoms with Gasteiger partial charge in [-0.3, -0.25) is 4.79 Å². The molecule has 0 rings (SSSR count). The second-order valence-electron chi connectivity index (χ2n) is 3.91. The second-order valence-corrected chi connectivity index (χ2v) is 3.91. The molecule has 0 bridgehead atoms. The maximum absolute atomic E-state index is 10.5. The van der Waals surface area contributed by atoms with E-state index in [0.717, 1.165) is 19.3 Å². The van der Waals surface area contributed by atoms with Crippen molar-refractivity contribution >= 4 is 5.97 Å². The molecule has 14 heavy (non-hydrogen) atoms. The number of aliphatic hydroxyl groups excluding tert-OH is 1. The van der Waals surface area contributed by atoms with Crippen LogP contribution in [0, 0.1) is 11.8 Å². The Morgan fingerprint density at radius 1 is 1.50 bits per heavy atom. The summed E-state index contributed by atoms with van der Waals surface area (Å²) in [4.78, 5) is 10.5. The van der Waals surface area contributed by atoms with Crippen molar-refractivity contribution in [2.75, 3.05) is 13.2 Å². The summed E-state index contributed by atoms with van der Waals surface area (Å²) < 4.78 is 0. The van der Waals surface area contributed by atoms with Crippen molar-refractivity contribution in [3.05, 3.63) is 0 Å². The molecule has 0 aromatic rings. The van der Waals surface area contributed by atoms with Crippen LogP contribution < -0.4 is 5.73 Å². The van der Waals surface area contributed by atoms with Crippen molar-refractivity contribution in [1.82, 2.24) is 0 Å². The Labute approximate surface area is 85.1 Å². The van der Waals surface area contributed by atoms with Gasteiger partial charge in [-0.2, -0.15) is 0 Å². The Hall–Kier alpha value is -0.610. The molecule has 0 amide bonds. The van der Waals surface area contributed by atoms with E-state index in [1.54, 1.807) is 0 Å². The van der Waals surface area contributed by atoms with Gasteiger partial charge in [0.2, 0.25) is 0 Å². The summed E-state index contributed by atoms with van der Waals surface area (Å²) in [7, 11) is 0. The molecule has 2 atom stereocenters. The van der Waals surface area contributed by atoms with Gasteiger partial charge in [-0.25, -0.2) is 0 Å². The van der Waals surface area contributed by atoms with Crippen LogP contribution in [-0.4, -0.2) is 29.3 Å². The molecule has 84 valence electrons. The topological polar surface area (TPSA) is 83.5 Å². The molecule has 0 fully saturated rings. The lowest BCUT2D eigenvalue weighted by atomic mass is 9.90. The molecule has 0 aliphatic rings. The molecule has 0 heterocycles. The zero-order chi connectivity index (χ0) is 11.0. The van der Waals surface area contributed by atoms with Gasteiger partial charge in [0.25, 0.3) is 0 Å². The maximum atomic E-state index is 10.5. The van der Waals surface area contributed by atoms with E-state index in [1.165, 1.54) is 0 Å². The number of carboxylic acid groups (broad SMARTS) is 1. The number of carbonyl (C=O) groups is 1. The van der Waals surface area contributed by atoms with Gasteiger partial charge in [0.1, 0.15) is 0 Å². The van der Waals surface area contributed by atoms with E-state index in [9.17, 15) is 4.79 Å². The molecule has 0 saturated heterocycles. The minimum absolute atomic E-state index is 0.0705. The molecule has 4 nitrogen and oxygen atoms in total. The van der Waals surface area contributed by atoms with Crippen LogP contribution in [0.1, 0.15) is 32.6 Å². The summed E-state index contributed by atoms with van der Waals surface area (Å²) in [5.74, 6) is -0.272. The van der Waals surface area contributed by atoms with E-state index in [0.29, 0.717) is 12.5 Å². The molecule has 0 aromatic heterocycles. The van der Waals surface area contributed by atoms with Crippen LogP contribution in [0.4, 0.5) is 0 Å². The van der Waals surface area contributed by atoms with Crippen LogP contribution in [0.25, 0.3) is 0 Å². The quantitative estimate of drug-likeness (QED) is 0.545. The van der Waals surface area contributed by atoms with Crippen LogP contribution in [0.3, 0.4) is 0 Å². The van der Waals surface area contributed by atoms with Gasteiger partial charge < -0.3 is 15.9 Å². The number of rotatable bonds is 8. The van der Waals surface area contributed by atoms with Gasteiger partial charge in [-0.05, 0) is 37.6 Å². The summed E-state index contributed by atoms with van der Waals surface area (Å²) in [5, 5.41) is 17.2. The normalized spacial score (nSPS) is 15.1. The fourth-order valence-electron chi connectivity index (χ4n) is 1.64. The zero-order valence-electron chi connectivity index (χ0n) is 8.78. The van der Waals surface area contributed by atoms with E-state index in [-0.39, 0.29) is 18.9 Å². The molecule has 4 heteroatoms. The van der Waals surface area contributed by atoms with Crippen LogP contribution >= 0.6 is 0 Å². The lowest BCUT2D eigenvalue weighted by Gasteiger charge is -2.17. The van der Waals surface area contributed by atoms with Crippen molar-refractivity contribution in [2.24, 2.45) is 17.6 Å². The van der Waals surface area contributed by atoms with Crippen LogP contribution in [-0.2, 0) is 4.79 Å². The van der Waals surface area contributed by atoms with Crippen molar-refractivity contribution in [3.63, 3.8) is 0 Å². The molecule has 2 unspecified atom stereocenters. The third kappa shape index (κ3) is 6.86. The highest BCUT2D eigenvalue weighted by molar-refractivity contribution is 5.67.